The van der Waals surface area contributed by atoms with Crippen LogP contribution < -0.4 is 5.73 Å². The fraction of sp³-hybridized carbons (Fsp3) is 0. The molecule has 0 amide bonds. The van der Waals surface area contributed by atoms with Gasteiger partial charge in [-0.25, -0.2) is 0 Å². The predicted molar refractivity (Wildman–Crippen MR) is 57.7 cm³/mol. The Morgan fingerprint density at radius 2 is 2.00 bits per heavy atom. The van der Waals surface area contributed by atoms with Gasteiger partial charge in [-0.2, -0.15) is 0 Å². The molecule has 0 heterocycles. The smallest absolute Gasteiger partial charge is 0.105 e. The molecule has 0 aliphatic heterocycles. The molecule has 0 aromatic heterocycles. The maximum Gasteiger partial charge on any atom is 0.105 e. The molecule has 1 nitrogen and oxygen atoms in total. The van der Waals surface area contributed by atoms with Crippen molar-refractivity contribution in [2.75, 3.05) is 0 Å². The fourth-order valence-electron chi connectivity index (χ4n) is 0.694. The molecule has 0 spiro atoms. The Morgan fingerprint density at radius 1 is 1.36 bits per heavy atom. The van der Waals surface area contributed by atoms with E-state index < -0.39 is 0 Å². The van der Waals surface area contributed by atoms with Gasteiger partial charge in [-0.15, -0.1) is 0 Å². The van der Waals surface area contributed by atoms with Gasteiger partial charge in [0.25, 0.3) is 0 Å². The minimum Gasteiger partial charge on any atom is -0.389 e. The maximum absolute atomic E-state index is 5.46. The van der Waals surface area contributed by atoms with Crippen molar-refractivity contribution < 1.29 is 0 Å². The van der Waals surface area contributed by atoms with Gasteiger partial charge in [-0.05, 0) is 37.9 Å². The predicted octanol–water partition coefficient (Wildman–Crippen LogP) is 2.85. The number of hydrogen-bond acceptors (Lipinski definition) is 1. The molecule has 11 heavy (non-hydrogen) atoms. The molecule has 4 heteroatoms. The average Bonchev–Trinajstić information content (AvgIpc) is 1.94. The summed E-state index contributed by atoms with van der Waals surface area (Å²) in [4.78, 5) is 0.401. The van der Waals surface area contributed by atoms with Crippen LogP contribution in [0.25, 0.3) is 0 Å². The molecule has 0 saturated carbocycles. The second-order valence-electron chi connectivity index (χ2n) is 1.97. The Hall–Kier alpha value is 0.0700. The van der Waals surface area contributed by atoms with E-state index in [0.717, 1.165) is 14.5 Å². The van der Waals surface area contributed by atoms with Crippen molar-refractivity contribution in [3.63, 3.8) is 0 Å². The van der Waals surface area contributed by atoms with Crippen LogP contribution in [0.4, 0.5) is 0 Å². The third-order valence-electron chi connectivity index (χ3n) is 1.22. The second kappa shape index (κ2) is 3.65. The van der Waals surface area contributed by atoms with Crippen molar-refractivity contribution in [1.29, 1.82) is 0 Å². The van der Waals surface area contributed by atoms with Crippen LogP contribution in [-0.4, -0.2) is 4.99 Å². The van der Waals surface area contributed by atoms with E-state index in [1.165, 1.54) is 0 Å². The number of nitrogens with two attached hydrogens (primary N) is 1. The van der Waals surface area contributed by atoms with Crippen molar-refractivity contribution in [3.05, 3.63) is 32.7 Å². The summed E-state index contributed by atoms with van der Waals surface area (Å²) >= 11 is 11.6. The molecule has 0 fully saturated rings. The Labute approximate surface area is 87.2 Å². The van der Waals surface area contributed by atoms with Gasteiger partial charge in [0.05, 0.1) is 0 Å². The van der Waals surface area contributed by atoms with Crippen LogP contribution in [0, 0.1) is 0 Å². The molecule has 0 saturated heterocycles. The van der Waals surface area contributed by atoms with Gasteiger partial charge in [0, 0.05) is 14.5 Å². The molecule has 0 bridgehead atoms. The van der Waals surface area contributed by atoms with Gasteiger partial charge in [0.15, 0.2) is 0 Å². The van der Waals surface area contributed by atoms with Gasteiger partial charge in [0.2, 0.25) is 0 Å². The van der Waals surface area contributed by atoms with Crippen molar-refractivity contribution in [1.82, 2.24) is 0 Å². The van der Waals surface area contributed by atoms with Crippen LogP contribution in [0.5, 0.6) is 0 Å². The highest BCUT2D eigenvalue weighted by Gasteiger charge is 2.04. The molecular weight excluding hydrogens is 290 g/mol. The third-order valence-corrected chi connectivity index (χ3v) is 3.48. The van der Waals surface area contributed by atoms with Crippen LogP contribution in [-0.2, 0) is 0 Å². The van der Waals surface area contributed by atoms with Crippen LogP contribution in [0.2, 0.25) is 0 Å². The van der Waals surface area contributed by atoms with Crippen molar-refractivity contribution in [3.8, 4) is 0 Å². The van der Waals surface area contributed by atoms with E-state index in [4.69, 9.17) is 18.0 Å². The third kappa shape index (κ3) is 2.01. The molecule has 1 aromatic rings. The number of benzene rings is 1. The van der Waals surface area contributed by atoms with Crippen molar-refractivity contribution in [2.24, 2.45) is 5.73 Å². The fourth-order valence-corrected chi connectivity index (χ4v) is 1.84. The number of thiocarbonyl (C=S) groups is 1. The molecule has 0 atom stereocenters. The normalized spacial score (nSPS) is 9.64. The van der Waals surface area contributed by atoms with Gasteiger partial charge in [0.1, 0.15) is 4.99 Å². The molecule has 0 unspecified atom stereocenters. The lowest BCUT2D eigenvalue weighted by atomic mass is 10.2. The van der Waals surface area contributed by atoms with E-state index >= 15 is 0 Å². The van der Waals surface area contributed by atoms with Crippen LogP contribution in [0.1, 0.15) is 5.56 Å². The zero-order valence-corrected chi connectivity index (χ0v) is 9.46. The van der Waals surface area contributed by atoms with E-state index in [1.807, 2.05) is 18.2 Å². The second-order valence-corrected chi connectivity index (χ2v) is 4.05. The summed E-state index contributed by atoms with van der Waals surface area (Å²) in [6.07, 6.45) is 0. The average molecular weight is 295 g/mol. The minimum absolute atomic E-state index is 0.401. The Balaban J connectivity index is 3.27. The first-order valence-corrected chi connectivity index (χ1v) is 4.86. The largest absolute Gasteiger partial charge is 0.389 e. The summed E-state index contributed by atoms with van der Waals surface area (Å²) in [7, 11) is 0. The minimum atomic E-state index is 0.401. The Kier molecular flexibility index (Phi) is 3.04. The molecule has 0 radical (unpaired) electrons. The lowest BCUT2D eigenvalue weighted by Gasteiger charge is -2.02. The van der Waals surface area contributed by atoms with E-state index in [2.05, 4.69) is 31.9 Å². The van der Waals surface area contributed by atoms with Crippen LogP contribution in [0.3, 0.4) is 0 Å². The molecule has 58 valence electrons. The molecule has 0 aliphatic rings. The summed E-state index contributed by atoms with van der Waals surface area (Å²) in [6.45, 7) is 0. The standard InChI is InChI=1S/C7H5Br2NS/c8-5-3-1-2-4(6(5)9)7(10)11/h1-3H,(H2,10,11). The van der Waals surface area contributed by atoms with E-state index in [1.54, 1.807) is 0 Å². The summed E-state index contributed by atoms with van der Waals surface area (Å²) < 4.78 is 1.87. The van der Waals surface area contributed by atoms with E-state index in [9.17, 15) is 0 Å². The number of halogens is 2. The van der Waals surface area contributed by atoms with Crippen molar-refractivity contribution in [2.45, 2.75) is 0 Å². The Morgan fingerprint density at radius 3 is 2.45 bits per heavy atom. The zero-order chi connectivity index (χ0) is 8.43. The summed E-state index contributed by atoms with van der Waals surface area (Å²) in [5.41, 5.74) is 6.32. The number of hydrogen-bond donors (Lipinski definition) is 1. The lowest BCUT2D eigenvalue weighted by Crippen LogP contribution is -2.09. The quantitative estimate of drug-likeness (QED) is 0.806. The topological polar surface area (TPSA) is 26.0 Å². The SMILES string of the molecule is NC(=S)c1cccc(Br)c1Br. The van der Waals surface area contributed by atoms with Crippen LogP contribution >= 0.6 is 44.1 Å². The van der Waals surface area contributed by atoms with Gasteiger partial charge >= 0.3 is 0 Å². The molecule has 2 N–H and O–H groups in total. The monoisotopic (exact) mass is 293 g/mol. The summed E-state index contributed by atoms with van der Waals surface area (Å²) in [6, 6.07) is 5.69. The highest BCUT2D eigenvalue weighted by Crippen LogP contribution is 2.26. The molecular formula is C7H5Br2NS. The first kappa shape index (κ1) is 9.16. The highest BCUT2D eigenvalue weighted by atomic mass is 79.9. The van der Waals surface area contributed by atoms with Crippen LogP contribution in [0.15, 0.2) is 27.1 Å². The van der Waals surface area contributed by atoms with Gasteiger partial charge < -0.3 is 5.73 Å². The molecule has 1 aromatic carbocycles. The number of rotatable bonds is 1. The highest BCUT2D eigenvalue weighted by molar-refractivity contribution is 9.13. The van der Waals surface area contributed by atoms with E-state index in [0.29, 0.717) is 4.99 Å². The molecule has 1 rings (SSSR count). The first-order valence-electron chi connectivity index (χ1n) is 2.86. The van der Waals surface area contributed by atoms with Gasteiger partial charge in [-0.3, -0.25) is 0 Å². The zero-order valence-electron chi connectivity index (χ0n) is 5.47. The lowest BCUT2D eigenvalue weighted by molar-refractivity contribution is 1.53. The summed E-state index contributed by atoms with van der Waals surface area (Å²) in [5.74, 6) is 0. The van der Waals surface area contributed by atoms with E-state index in [-0.39, 0.29) is 0 Å². The molecule has 0 aliphatic carbocycles. The Bertz CT molecular complexity index is 298. The van der Waals surface area contributed by atoms with Gasteiger partial charge in [-0.1, -0.05) is 24.4 Å². The summed E-state index contributed by atoms with van der Waals surface area (Å²) in [5, 5.41) is 0. The first-order chi connectivity index (χ1) is 5.13. The van der Waals surface area contributed by atoms with Crippen molar-refractivity contribution >= 4 is 49.1 Å². The maximum atomic E-state index is 5.46.